The van der Waals surface area contributed by atoms with Crippen LogP contribution in [0.5, 0.6) is 0 Å². The highest BCUT2D eigenvalue weighted by atomic mass is 19.1. The Kier molecular flexibility index (Phi) is 16.4. The summed E-state index contributed by atoms with van der Waals surface area (Å²) in [6, 6.07) is 15.7. The maximum absolute atomic E-state index is 13.9. The molecule has 0 aliphatic heterocycles. The van der Waals surface area contributed by atoms with Crippen LogP contribution in [0.15, 0.2) is 76.1 Å². The van der Waals surface area contributed by atoms with Crippen molar-refractivity contribution < 1.29 is 37.9 Å². The molecule has 3 aromatic rings. The van der Waals surface area contributed by atoms with E-state index in [2.05, 4.69) is 15.6 Å². The first-order valence-electron chi connectivity index (χ1n) is 18.0. The third-order valence-electron chi connectivity index (χ3n) is 9.13. The van der Waals surface area contributed by atoms with E-state index < -0.39 is 59.1 Å². The number of benzene rings is 2. The minimum absolute atomic E-state index is 0.00201. The number of amides is 2. The van der Waals surface area contributed by atoms with Gasteiger partial charge in [-0.2, -0.15) is 0 Å². The molecule has 1 heterocycles. The Morgan fingerprint density at radius 3 is 2.21 bits per heavy atom. The van der Waals surface area contributed by atoms with Gasteiger partial charge < -0.3 is 31.6 Å². The fourth-order valence-electron chi connectivity index (χ4n) is 6.10. The Morgan fingerprint density at radius 2 is 1.58 bits per heavy atom. The number of ketones is 2. The van der Waals surface area contributed by atoms with Crippen LogP contribution in [0.4, 0.5) is 4.39 Å². The number of guanidine groups is 1. The molecule has 0 fully saturated rings. The molecule has 13 heteroatoms. The van der Waals surface area contributed by atoms with Gasteiger partial charge in [-0.05, 0) is 67.3 Å². The van der Waals surface area contributed by atoms with Gasteiger partial charge in [0.1, 0.15) is 11.6 Å². The zero-order valence-corrected chi connectivity index (χ0v) is 30.8. The first-order chi connectivity index (χ1) is 25.2. The molecule has 7 N–H and O–H groups in total. The minimum Gasteiger partial charge on any atom is -0.481 e. The van der Waals surface area contributed by atoms with Crippen molar-refractivity contribution in [2.45, 2.75) is 84.7 Å². The summed E-state index contributed by atoms with van der Waals surface area (Å²) < 4.78 is 19.5. The molecule has 3 rings (SSSR count). The van der Waals surface area contributed by atoms with Crippen LogP contribution in [0.25, 0.3) is 11.3 Å². The Bertz CT molecular complexity index is 1720. The molecule has 0 saturated carbocycles. The van der Waals surface area contributed by atoms with E-state index in [1.807, 2.05) is 33.8 Å². The maximum atomic E-state index is 13.9. The van der Waals surface area contributed by atoms with Crippen molar-refractivity contribution in [1.29, 1.82) is 0 Å². The third kappa shape index (κ3) is 13.6. The monoisotopic (exact) mass is 733 g/mol. The molecule has 12 nitrogen and oxygen atoms in total. The number of hydrogen-bond donors (Lipinski definition) is 5. The van der Waals surface area contributed by atoms with Crippen LogP contribution in [0.3, 0.4) is 0 Å². The van der Waals surface area contributed by atoms with Crippen molar-refractivity contribution >= 4 is 35.3 Å². The SMILES string of the molecule is CC[C@H](C)[C@H](NC(=O)[C@@H](CC(=O)[C@H](CCCN=C(N)N)NC(=O)c1ccc(-c2cccc(F)c2)o1)CC(C)C)C(=O)C[C@@H](Cc1ccccc1)C(=O)O. The zero-order chi connectivity index (χ0) is 39.1. The molecule has 0 saturated heterocycles. The topological polar surface area (TPSA) is 207 Å². The third-order valence-corrected chi connectivity index (χ3v) is 9.13. The second kappa shape index (κ2) is 20.6. The lowest BCUT2D eigenvalue weighted by Crippen LogP contribution is -2.49. The molecule has 1 aromatic heterocycles. The maximum Gasteiger partial charge on any atom is 0.307 e. The van der Waals surface area contributed by atoms with E-state index in [9.17, 15) is 33.5 Å². The van der Waals surface area contributed by atoms with Crippen LogP contribution in [0.2, 0.25) is 0 Å². The predicted molar refractivity (Wildman–Crippen MR) is 200 cm³/mol. The highest BCUT2D eigenvalue weighted by Crippen LogP contribution is 2.25. The van der Waals surface area contributed by atoms with Gasteiger partial charge in [0, 0.05) is 30.9 Å². The van der Waals surface area contributed by atoms with Crippen LogP contribution >= 0.6 is 0 Å². The number of carbonyl (C=O) groups is 5. The van der Waals surface area contributed by atoms with Gasteiger partial charge in [-0.1, -0.05) is 76.6 Å². The number of furan rings is 1. The fourth-order valence-corrected chi connectivity index (χ4v) is 6.10. The number of nitrogens with one attached hydrogen (secondary N) is 2. The molecule has 2 amide bonds. The summed E-state index contributed by atoms with van der Waals surface area (Å²) in [5, 5.41) is 15.5. The number of carbonyl (C=O) groups excluding carboxylic acids is 4. The van der Waals surface area contributed by atoms with E-state index in [0.717, 1.165) is 5.56 Å². The second-order valence-electron chi connectivity index (χ2n) is 13.9. The Labute approximate surface area is 310 Å². The van der Waals surface area contributed by atoms with E-state index in [1.165, 1.54) is 30.3 Å². The van der Waals surface area contributed by atoms with E-state index >= 15 is 0 Å². The number of halogens is 1. The summed E-state index contributed by atoms with van der Waals surface area (Å²) in [5.74, 6) is -5.65. The normalized spacial score (nSPS) is 14.0. The van der Waals surface area contributed by atoms with Gasteiger partial charge in [0.05, 0.1) is 18.0 Å². The second-order valence-corrected chi connectivity index (χ2v) is 13.9. The van der Waals surface area contributed by atoms with Gasteiger partial charge in [0.2, 0.25) is 5.91 Å². The lowest BCUT2D eigenvalue weighted by molar-refractivity contribution is -0.144. The molecule has 0 aliphatic carbocycles. The van der Waals surface area contributed by atoms with Gasteiger partial charge in [-0.25, -0.2) is 4.39 Å². The highest BCUT2D eigenvalue weighted by Gasteiger charge is 2.34. The predicted octanol–water partition coefficient (Wildman–Crippen LogP) is 5.29. The molecule has 0 radical (unpaired) electrons. The van der Waals surface area contributed by atoms with E-state index in [1.54, 1.807) is 30.3 Å². The summed E-state index contributed by atoms with van der Waals surface area (Å²) >= 11 is 0. The quantitative estimate of drug-likeness (QED) is 0.0516. The van der Waals surface area contributed by atoms with Crippen molar-refractivity contribution in [3.63, 3.8) is 0 Å². The van der Waals surface area contributed by atoms with Crippen molar-refractivity contribution in [3.8, 4) is 11.3 Å². The number of hydrogen-bond acceptors (Lipinski definition) is 7. The Hall–Kier alpha value is -5.33. The number of rotatable bonds is 22. The first kappa shape index (κ1) is 42.1. The highest BCUT2D eigenvalue weighted by molar-refractivity contribution is 5.98. The van der Waals surface area contributed by atoms with Crippen LogP contribution in [0.1, 0.15) is 82.3 Å². The van der Waals surface area contributed by atoms with Gasteiger partial charge in [0.15, 0.2) is 23.3 Å². The number of Topliss-reactive ketones (excluding diaryl/α,β-unsaturated/α-hetero) is 2. The van der Waals surface area contributed by atoms with E-state index in [0.29, 0.717) is 24.8 Å². The Balaban J connectivity index is 1.79. The van der Waals surface area contributed by atoms with E-state index in [4.69, 9.17) is 15.9 Å². The molecule has 53 heavy (non-hydrogen) atoms. The summed E-state index contributed by atoms with van der Waals surface area (Å²) in [5.41, 5.74) is 12.1. The van der Waals surface area contributed by atoms with Crippen LogP contribution in [-0.4, -0.2) is 59.0 Å². The van der Waals surface area contributed by atoms with Crippen LogP contribution < -0.4 is 22.1 Å². The van der Waals surface area contributed by atoms with Crippen molar-refractivity contribution in [2.75, 3.05) is 6.54 Å². The Morgan fingerprint density at radius 1 is 0.887 bits per heavy atom. The number of nitrogens with zero attached hydrogens (tertiary/aromatic N) is 1. The first-order valence-corrected chi connectivity index (χ1v) is 18.0. The summed E-state index contributed by atoms with van der Waals surface area (Å²) in [6.45, 7) is 7.70. The van der Waals surface area contributed by atoms with Crippen LogP contribution in [-0.2, 0) is 25.6 Å². The molecule has 0 bridgehead atoms. The summed E-state index contributed by atoms with van der Waals surface area (Å²) in [6.07, 6.45) is 0.991. The lowest BCUT2D eigenvalue weighted by Gasteiger charge is -2.28. The van der Waals surface area contributed by atoms with Gasteiger partial charge in [-0.3, -0.25) is 29.0 Å². The van der Waals surface area contributed by atoms with E-state index in [-0.39, 0.29) is 61.5 Å². The average molecular weight is 734 g/mol. The fraction of sp³-hybridized carbons (Fsp3) is 0.450. The van der Waals surface area contributed by atoms with Crippen molar-refractivity contribution in [1.82, 2.24) is 10.6 Å². The number of aliphatic imine (C=N–C) groups is 1. The number of nitrogens with two attached hydrogens (primary N) is 2. The van der Waals surface area contributed by atoms with Gasteiger partial charge in [-0.15, -0.1) is 0 Å². The molecule has 0 spiro atoms. The minimum atomic E-state index is -1.10. The molecular weight excluding hydrogens is 681 g/mol. The number of carboxylic acids is 1. The standard InChI is InChI=1S/C40H52FN5O7/c1-5-25(4)36(33(48)23-29(39(51)52)20-26-11-7-6-8-12-26)46-37(49)28(19-24(2)3)22-32(47)31(15-10-18-44-40(42)43)45-38(50)35-17-16-34(53-35)27-13-9-14-30(41)21-27/h6-9,11-14,16-17,21,24-25,28-29,31,36H,5,10,15,18-20,22-23H2,1-4H3,(H,45,50)(H,46,49)(H,51,52)(H4,42,43,44)/t25-,28+,29+,31-,36-/m0/s1. The molecule has 286 valence electrons. The lowest BCUT2D eigenvalue weighted by atomic mass is 9.85. The average Bonchev–Trinajstić information content (AvgIpc) is 3.61. The van der Waals surface area contributed by atoms with Gasteiger partial charge in [0.25, 0.3) is 5.91 Å². The zero-order valence-electron chi connectivity index (χ0n) is 30.8. The summed E-state index contributed by atoms with van der Waals surface area (Å²) in [7, 11) is 0. The van der Waals surface area contributed by atoms with Crippen molar-refractivity contribution in [3.05, 3.63) is 83.9 Å². The number of carboxylic acid groups (broad SMARTS) is 1. The summed E-state index contributed by atoms with van der Waals surface area (Å²) in [4.78, 5) is 71.0. The molecule has 0 unspecified atom stereocenters. The molecule has 5 atom stereocenters. The largest absolute Gasteiger partial charge is 0.481 e. The van der Waals surface area contributed by atoms with Crippen molar-refractivity contribution in [2.24, 2.45) is 40.1 Å². The molecular formula is C40H52FN5O7. The molecule has 0 aliphatic rings. The van der Waals surface area contributed by atoms with Crippen LogP contribution in [0, 0.1) is 29.5 Å². The van der Waals surface area contributed by atoms with Gasteiger partial charge >= 0.3 is 5.97 Å². The smallest absolute Gasteiger partial charge is 0.307 e. The number of aliphatic carboxylic acids is 1. The molecule has 2 aromatic carbocycles.